The van der Waals surface area contributed by atoms with Crippen LogP contribution in [0.4, 0.5) is 0 Å². The summed E-state index contributed by atoms with van der Waals surface area (Å²) in [6, 6.07) is 10.1. The number of hydrogen-bond donors (Lipinski definition) is 0. The topological polar surface area (TPSA) is 72.6 Å². The van der Waals surface area contributed by atoms with Gasteiger partial charge in [0.1, 0.15) is 5.82 Å². The molecule has 1 amide bonds. The summed E-state index contributed by atoms with van der Waals surface area (Å²) in [5.41, 5.74) is 0.991. The number of hydrogen-bond acceptors (Lipinski definition) is 5. The van der Waals surface area contributed by atoms with E-state index in [-0.39, 0.29) is 23.7 Å². The van der Waals surface area contributed by atoms with Gasteiger partial charge in [0, 0.05) is 32.1 Å². The number of rotatable bonds is 4. The van der Waals surface area contributed by atoms with Gasteiger partial charge in [0.15, 0.2) is 0 Å². The van der Waals surface area contributed by atoms with E-state index in [0.29, 0.717) is 39.3 Å². The predicted molar refractivity (Wildman–Crippen MR) is 107 cm³/mol. The van der Waals surface area contributed by atoms with E-state index >= 15 is 0 Å². The number of ether oxygens (including phenoxy) is 1. The number of carbonyl (C=O) groups is 1. The van der Waals surface area contributed by atoms with Crippen LogP contribution < -0.4 is 5.69 Å². The van der Waals surface area contributed by atoms with Crippen molar-refractivity contribution >= 4 is 5.91 Å². The number of amides is 1. The molecule has 2 fully saturated rings. The summed E-state index contributed by atoms with van der Waals surface area (Å²) in [4.78, 5) is 30.3. The van der Waals surface area contributed by atoms with Gasteiger partial charge in [-0.05, 0) is 18.4 Å². The molecule has 0 N–H and O–H groups in total. The highest BCUT2D eigenvalue weighted by molar-refractivity contribution is 5.79. The highest BCUT2D eigenvalue weighted by atomic mass is 16.5. The zero-order valence-electron chi connectivity index (χ0n) is 16.6. The lowest BCUT2D eigenvalue weighted by Gasteiger charge is -2.32. The van der Waals surface area contributed by atoms with Crippen LogP contribution in [0, 0.1) is 0 Å². The first-order valence-electron chi connectivity index (χ1n) is 10.5. The summed E-state index contributed by atoms with van der Waals surface area (Å²) in [6.07, 6.45) is 2.59. The van der Waals surface area contributed by atoms with Crippen molar-refractivity contribution in [3.63, 3.8) is 0 Å². The van der Waals surface area contributed by atoms with Crippen LogP contribution >= 0.6 is 0 Å². The number of benzene rings is 1. The van der Waals surface area contributed by atoms with Gasteiger partial charge < -0.3 is 9.64 Å². The van der Waals surface area contributed by atoms with Crippen molar-refractivity contribution < 1.29 is 9.53 Å². The molecule has 2 atom stereocenters. The van der Waals surface area contributed by atoms with E-state index in [4.69, 9.17) is 4.74 Å². The molecule has 8 nitrogen and oxygen atoms in total. The Morgan fingerprint density at radius 3 is 2.66 bits per heavy atom. The minimum absolute atomic E-state index is 0.0722. The number of aromatic nitrogens is 3. The largest absolute Gasteiger partial charge is 0.379 e. The quantitative estimate of drug-likeness (QED) is 0.744. The van der Waals surface area contributed by atoms with Crippen LogP contribution in [0.3, 0.4) is 0 Å². The third kappa shape index (κ3) is 3.62. The Bertz CT molecular complexity index is 932. The van der Waals surface area contributed by atoms with E-state index in [1.165, 1.54) is 0 Å². The summed E-state index contributed by atoms with van der Waals surface area (Å²) in [6.45, 7) is 4.47. The molecule has 2 aromatic rings. The summed E-state index contributed by atoms with van der Waals surface area (Å²) in [5, 5.41) is 4.64. The average molecular weight is 397 g/mol. The third-order valence-electron chi connectivity index (χ3n) is 6.36. The first-order chi connectivity index (χ1) is 14.2. The molecule has 0 aliphatic carbocycles. The molecule has 3 aliphatic rings. The molecule has 0 unspecified atom stereocenters. The van der Waals surface area contributed by atoms with E-state index in [2.05, 4.69) is 10.00 Å². The van der Waals surface area contributed by atoms with Gasteiger partial charge in [0.05, 0.1) is 32.3 Å². The summed E-state index contributed by atoms with van der Waals surface area (Å²) in [5.74, 6) is 0.983. The number of fused-ring (bicyclic) bond motifs is 3. The number of carbonyl (C=O) groups excluding carboxylic acids is 1. The molecule has 1 aromatic heterocycles. The monoisotopic (exact) mass is 397 g/mol. The lowest BCUT2D eigenvalue weighted by atomic mass is 10.1. The maximum absolute atomic E-state index is 13.1. The standard InChI is InChI=1S/C21H27N5O3/c27-20(15-23-8-10-29-11-9-23)26-17-6-7-18(26)14-24-19(12-17)22-25(21(24)28)13-16-4-2-1-3-5-16/h1-5,17-18H,6-15H2/t17-,18+/m0/s1. The molecule has 0 spiro atoms. The second-order valence-corrected chi connectivity index (χ2v) is 8.23. The zero-order valence-corrected chi connectivity index (χ0v) is 16.6. The summed E-state index contributed by atoms with van der Waals surface area (Å²) >= 11 is 0. The Morgan fingerprint density at radius 2 is 1.86 bits per heavy atom. The normalized spacial score (nSPS) is 24.3. The second kappa shape index (κ2) is 7.76. The predicted octanol–water partition coefficient (Wildman–Crippen LogP) is 0.341. The van der Waals surface area contributed by atoms with Crippen molar-refractivity contribution in [2.45, 2.75) is 44.4 Å². The van der Waals surface area contributed by atoms with E-state index < -0.39 is 0 Å². The van der Waals surface area contributed by atoms with Gasteiger partial charge in [-0.25, -0.2) is 9.48 Å². The number of nitrogens with zero attached hydrogens (tertiary/aromatic N) is 5. The van der Waals surface area contributed by atoms with Gasteiger partial charge in [0.2, 0.25) is 5.91 Å². The molecule has 29 heavy (non-hydrogen) atoms. The van der Waals surface area contributed by atoms with Crippen molar-refractivity contribution in [2.24, 2.45) is 0 Å². The molecule has 4 heterocycles. The lowest BCUT2D eigenvalue weighted by Crippen LogP contribution is -2.49. The molecule has 8 heteroatoms. The van der Waals surface area contributed by atoms with E-state index in [1.54, 1.807) is 9.25 Å². The van der Waals surface area contributed by atoms with Crippen LogP contribution in [0.15, 0.2) is 35.1 Å². The lowest BCUT2D eigenvalue weighted by molar-refractivity contribution is -0.136. The molecule has 0 radical (unpaired) electrons. The van der Waals surface area contributed by atoms with Crippen LogP contribution in [0.25, 0.3) is 0 Å². The van der Waals surface area contributed by atoms with E-state index in [9.17, 15) is 9.59 Å². The smallest absolute Gasteiger partial charge is 0.346 e. The molecule has 0 saturated carbocycles. The average Bonchev–Trinajstić information content (AvgIpc) is 3.19. The van der Waals surface area contributed by atoms with Gasteiger partial charge in [-0.15, -0.1) is 0 Å². The Kier molecular flexibility index (Phi) is 4.97. The molecule has 2 bridgehead atoms. The van der Waals surface area contributed by atoms with Crippen molar-refractivity contribution in [3.05, 3.63) is 52.2 Å². The molecule has 5 rings (SSSR count). The van der Waals surface area contributed by atoms with Crippen LogP contribution in [0.1, 0.15) is 24.2 Å². The summed E-state index contributed by atoms with van der Waals surface area (Å²) in [7, 11) is 0. The minimum atomic E-state index is -0.0722. The Labute approximate surface area is 169 Å². The van der Waals surface area contributed by atoms with Crippen molar-refractivity contribution in [3.8, 4) is 0 Å². The highest BCUT2D eigenvalue weighted by Crippen LogP contribution is 2.30. The maximum Gasteiger partial charge on any atom is 0.346 e. The van der Waals surface area contributed by atoms with Crippen molar-refractivity contribution in [1.29, 1.82) is 0 Å². The molecule has 2 saturated heterocycles. The molecule has 3 aliphatic heterocycles. The third-order valence-corrected chi connectivity index (χ3v) is 6.36. The van der Waals surface area contributed by atoms with Crippen LogP contribution in [-0.2, 0) is 29.0 Å². The van der Waals surface area contributed by atoms with Gasteiger partial charge >= 0.3 is 5.69 Å². The Hall–Kier alpha value is -2.45. The molecule has 154 valence electrons. The molecular formula is C21H27N5O3. The van der Waals surface area contributed by atoms with Crippen LogP contribution in [0.5, 0.6) is 0 Å². The second-order valence-electron chi connectivity index (χ2n) is 8.23. The van der Waals surface area contributed by atoms with E-state index in [0.717, 1.165) is 37.3 Å². The number of morpholine rings is 1. The fourth-order valence-electron chi connectivity index (χ4n) is 4.88. The zero-order chi connectivity index (χ0) is 19.8. The van der Waals surface area contributed by atoms with Crippen molar-refractivity contribution in [1.82, 2.24) is 24.1 Å². The van der Waals surface area contributed by atoms with Gasteiger partial charge in [-0.3, -0.25) is 14.3 Å². The fourth-order valence-corrected chi connectivity index (χ4v) is 4.88. The minimum Gasteiger partial charge on any atom is -0.379 e. The highest BCUT2D eigenvalue weighted by Gasteiger charge is 2.41. The SMILES string of the molecule is O=C(CN1CCOCC1)N1[C@@H]2CC[C@H]1Cc1nn(Cc3ccccc3)c(=O)n1C2. The first kappa shape index (κ1) is 18.6. The summed E-state index contributed by atoms with van der Waals surface area (Å²) < 4.78 is 8.74. The molecular weight excluding hydrogens is 370 g/mol. The first-order valence-corrected chi connectivity index (χ1v) is 10.5. The Balaban J connectivity index is 1.34. The van der Waals surface area contributed by atoms with Gasteiger partial charge in [-0.2, -0.15) is 5.10 Å². The maximum atomic E-state index is 13.1. The van der Waals surface area contributed by atoms with E-state index in [1.807, 2.05) is 35.2 Å². The van der Waals surface area contributed by atoms with Gasteiger partial charge in [-0.1, -0.05) is 30.3 Å². The molecule has 1 aromatic carbocycles. The van der Waals surface area contributed by atoms with Crippen LogP contribution in [-0.4, -0.2) is 75.0 Å². The Morgan fingerprint density at radius 1 is 1.10 bits per heavy atom. The van der Waals surface area contributed by atoms with Crippen molar-refractivity contribution in [2.75, 3.05) is 32.8 Å². The van der Waals surface area contributed by atoms with Gasteiger partial charge in [0.25, 0.3) is 0 Å². The fraction of sp³-hybridized carbons (Fsp3) is 0.571. The van der Waals surface area contributed by atoms with Crippen LogP contribution in [0.2, 0.25) is 0 Å².